The quantitative estimate of drug-likeness (QED) is 0.838. The van der Waals surface area contributed by atoms with E-state index in [2.05, 4.69) is 28.7 Å². The van der Waals surface area contributed by atoms with E-state index in [1.807, 2.05) is 40.0 Å². The van der Waals surface area contributed by atoms with Gasteiger partial charge in [-0.1, -0.05) is 13.8 Å². The van der Waals surface area contributed by atoms with Gasteiger partial charge in [-0.25, -0.2) is 14.8 Å². The number of amides is 1. The van der Waals surface area contributed by atoms with E-state index in [0.717, 1.165) is 24.7 Å². The molecule has 1 aliphatic rings. The second-order valence-electron chi connectivity index (χ2n) is 7.40. The highest BCUT2D eigenvalue weighted by Gasteiger charge is 2.31. The summed E-state index contributed by atoms with van der Waals surface area (Å²) in [6.07, 6.45) is 1.57. The highest BCUT2D eigenvalue weighted by molar-refractivity contribution is 5.69. The topological polar surface area (TPSA) is 58.6 Å². The predicted molar refractivity (Wildman–Crippen MR) is 90.7 cm³/mol. The summed E-state index contributed by atoms with van der Waals surface area (Å²) < 4.78 is 5.48. The van der Waals surface area contributed by atoms with Crippen LogP contribution in [0.1, 0.15) is 53.3 Å². The Bertz CT molecular complexity index is 554. The molecule has 0 unspecified atom stereocenters. The Morgan fingerprint density at radius 3 is 2.61 bits per heavy atom. The van der Waals surface area contributed by atoms with Crippen LogP contribution in [0.3, 0.4) is 0 Å². The van der Waals surface area contributed by atoms with Gasteiger partial charge in [0.2, 0.25) is 0 Å². The first-order chi connectivity index (χ1) is 10.7. The molecule has 1 aromatic rings. The van der Waals surface area contributed by atoms with Crippen molar-refractivity contribution in [1.29, 1.82) is 0 Å². The molecule has 0 N–H and O–H groups in total. The van der Waals surface area contributed by atoms with Crippen LogP contribution in [0.25, 0.3) is 0 Å². The van der Waals surface area contributed by atoms with Crippen molar-refractivity contribution in [3.8, 4) is 0 Å². The molecule has 2 heterocycles. The van der Waals surface area contributed by atoms with Gasteiger partial charge in [0, 0.05) is 37.8 Å². The fourth-order valence-corrected chi connectivity index (χ4v) is 2.58. The predicted octanol–water partition coefficient (Wildman–Crippen LogP) is 3.05. The third-order valence-electron chi connectivity index (χ3n) is 3.76. The van der Waals surface area contributed by atoms with Crippen molar-refractivity contribution in [2.45, 2.75) is 59.1 Å². The summed E-state index contributed by atoms with van der Waals surface area (Å²) in [5, 5.41) is 0. The first-order valence-electron chi connectivity index (χ1n) is 8.25. The first kappa shape index (κ1) is 17.5. The third kappa shape index (κ3) is 4.56. The second kappa shape index (κ2) is 6.72. The lowest BCUT2D eigenvalue weighted by Crippen LogP contribution is -2.55. The zero-order chi connectivity index (χ0) is 17.2. The Labute approximate surface area is 138 Å². The van der Waals surface area contributed by atoms with Crippen molar-refractivity contribution in [3.05, 3.63) is 18.1 Å². The number of carbonyl (C=O) groups is 1. The largest absolute Gasteiger partial charge is 0.444 e. The average molecular weight is 320 g/mol. The maximum Gasteiger partial charge on any atom is 0.410 e. The molecule has 0 saturated carbocycles. The van der Waals surface area contributed by atoms with Crippen LogP contribution in [0.15, 0.2) is 12.3 Å². The number of piperazine rings is 1. The lowest BCUT2D eigenvalue weighted by atomic mass is 10.2. The van der Waals surface area contributed by atoms with E-state index in [1.165, 1.54) is 0 Å². The molecule has 23 heavy (non-hydrogen) atoms. The van der Waals surface area contributed by atoms with Gasteiger partial charge in [-0.15, -0.1) is 0 Å². The molecule has 0 radical (unpaired) electrons. The van der Waals surface area contributed by atoms with Crippen molar-refractivity contribution >= 4 is 11.9 Å². The molecular formula is C17H28N4O2. The molecule has 0 bridgehead atoms. The minimum atomic E-state index is -0.466. The van der Waals surface area contributed by atoms with E-state index in [-0.39, 0.29) is 12.1 Å². The van der Waals surface area contributed by atoms with Gasteiger partial charge in [0.25, 0.3) is 0 Å². The van der Waals surface area contributed by atoms with Crippen LogP contribution in [-0.2, 0) is 4.74 Å². The normalized spacial score (nSPS) is 19.2. The molecule has 1 atom stereocenters. The molecule has 0 aliphatic carbocycles. The fourth-order valence-electron chi connectivity index (χ4n) is 2.58. The SMILES string of the molecule is CC(C)c1nccc(N2CCN(C(=O)OC(C)(C)C)[C@H](C)C2)n1. The van der Waals surface area contributed by atoms with Crippen molar-refractivity contribution in [1.82, 2.24) is 14.9 Å². The van der Waals surface area contributed by atoms with Crippen molar-refractivity contribution in [2.75, 3.05) is 24.5 Å². The van der Waals surface area contributed by atoms with Gasteiger partial charge < -0.3 is 14.5 Å². The summed E-state index contributed by atoms with van der Waals surface area (Å²) >= 11 is 0. The minimum absolute atomic E-state index is 0.0797. The van der Waals surface area contributed by atoms with Crippen LogP contribution in [0.5, 0.6) is 0 Å². The van der Waals surface area contributed by atoms with Crippen LogP contribution >= 0.6 is 0 Å². The Hall–Kier alpha value is -1.85. The highest BCUT2D eigenvalue weighted by Crippen LogP contribution is 2.20. The molecule has 1 aromatic heterocycles. The van der Waals surface area contributed by atoms with E-state index in [0.29, 0.717) is 12.5 Å². The van der Waals surface area contributed by atoms with Gasteiger partial charge in [-0.05, 0) is 33.8 Å². The fraction of sp³-hybridized carbons (Fsp3) is 0.706. The van der Waals surface area contributed by atoms with Gasteiger partial charge in [-0.2, -0.15) is 0 Å². The number of anilines is 1. The Morgan fingerprint density at radius 2 is 2.04 bits per heavy atom. The molecule has 1 aliphatic heterocycles. The van der Waals surface area contributed by atoms with Crippen LogP contribution in [0.4, 0.5) is 10.6 Å². The summed E-state index contributed by atoms with van der Waals surface area (Å²) in [4.78, 5) is 25.2. The number of nitrogens with zero attached hydrogens (tertiary/aromatic N) is 4. The summed E-state index contributed by atoms with van der Waals surface area (Å²) in [6.45, 7) is 14.0. The van der Waals surface area contributed by atoms with E-state index >= 15 is 0 Å². The average Bonchev–Trinajstić information content (AvgIpc) is 2.45. The molecule has 1 fully saturated rings. The van der Waals surface area contributed by atoms with Gasteiger partial charge >= 0.3 is 6.09 Å². The number of aromatic nitrogens is 2. The monoisotopic (exact) mass is 320 g/mol. The zero-order valence-corrected chi connectivity index (χ0v) is 15.0. The number of ether oxygens (including phenoxy) is 1. The maximum absolute atomic E-state index is 12.3. The standard InChI is InChI=1S/C17H28N4O2/c1-12(2)15-18-8-7-14(19-15)20-9-10-21(13(3)11-20)16(22)23-17(4,5)6/h7-8,12-13H,9-11H2,1-6H3/t13-/m1/s1. The van der Waals surface area contributed by atoms with Crippen LogP contribution in [0, 0.1) is 0 Å². The maximum atomic E-state index is 12.3. The highest BCUT2D eigenvalue weighted by atomic mass is 16.6. The van der Waals surface area contributed by atoms with E-state index < -0.39 is 5.60 Å². The number of carbonyl (C=O) groups excluding carboxylic acids is 1. The molecular weight excluding hydrogens is 292 g/mol. The second-order valence-corrected chi connectivity index (χ2v) is 7.40. The van der Waals surface area contributed by atoms with Crippen molar-refractivity contribution in [3.63, 3.8) is 0 Å². The third-order valence-corrected chi connectivity index (χ3v) is 3.76. The summed E-state index contributed by atoms with van der Waals surface area (Å²) in [6, 6.07) is 2.01. The number of rotatable bonds is 2. The zero-order valence-electron chi connectivity index (χ0n) is 15.0. The summed E-state index contributed by atoms with van der Waals surface area (Å²) in [7, 11) is 0. The molecule has 0 aromatic carbocycles. The van der Waals surface area contributed by atoms with Gasteiger partial charge in [0.1, 0.15) is 17.2 Å². The molecule has 6 nitrogen and oxygen atoms in total. The Morgan fingerprint density at radius 1 is 1.35 bits per heavy atom. The molecule has 6 heteroatoms. The molecule has 1 saturated heterocycles. The van der Waals surface area contributed by atoms with Crippen LogP contribution in [0.2, 0.25) is 0 Å². The molecule has 1 amide bonds. The minimum Gasteiger partial charge on any atom is -0.444 e. The summed E-state index contributed by atoms with van der Waals surface area (Å²) in [5.41, 5.74) is -0.466. The Kier molecular flexibility index (Phi) is 5.12. The Balaban J connectivity index is 2.04. The molecule has 2 rings (SSSR count). The first-order valence-corrected chi connectivity index (χ1v) is 8.25. The molecule has 0 spiro atoms. The molecule has 128 valence electrons. The van der Waals surface area contributed by atoms with E-state index in [4.69, 9.17) is 4.74 Å². The van der Waals surface area contributed by atoms with Crippen molar-refractivity contribution in [2.24, 2.45) is 0 Å². The lowest BCUT2D eigenvalue weighted by molar-refractivity contribution is 0.0158. The van der Waals surface area contributed by atoms with Crippen LogP contribution < -0.4 is 4.90 Å². The number of hydrogen-bond donors (Lipinski definition) is 0. The van der Waals surface area contributed by atoms with Gasteiger partial charge in [0.15, 0.2) is 0 Å². The van der Waals surface area contributed by atoms with E-state index in [9.17, 15) is 4.79 Å². The lowest BCUT2D eigenvalue weighted by Gasteiger charge is -2.40. The number of hydrogen-bond acceptors (Lipinski definition) is 5. The van der Waals surface area contributed by atoms with Gasteiger partial charge in [-0.3, -0.25) is 0 Å². The van der Waals surface area contributed by atoms with Crippen molar-refractivity contribution < 1.29 is 9.53 Å². The van der Waals surface area contributed by atoms with Crippen LogP contribution in [-0.4, -0.2) is 52.2 Å². The summed E-state index contributed by atoms with van der Waals surface area (Å²) in [5.74, 6) is 2.08. The van der Waals surface area contributed by atoms with E-state index in [1.54, 1.807) is 4.90 Å². The van der Waals surface area contributed by atoms with Gasteiger partial charge in [0.05, 0.1) is 0 Å². The smallest absolute Gasteiger partial charge is 0.410 e.